The number of carbonyl (C=O) groups excluding carboxylic acids is 1. The number of benzene rings is 3. The Hall–Kier alpha value is -3.58. The Kier molecular flexibility index (Phi) is 8.49. The Morgan fingerprint density at radius 2 is 1.41 bits per heavy atom. The molecule has 7 heteroatoms. The lowest BCUT2D eigenvalue weighted by Gasteiger charge is -2.29. The quantitative estimate of drug-likeness (QED) is 0.373. The third-order valence-corrected chi connectivity index (χ3v) is 5.60. The number of rotatable bonds is 11. The van der Waals surface area contributed by atoms with E-state index in [1.165, 1.54) is 12.1 Å². The molecular weight excluding hydrogens is 440 g/mol. The van der Waals surface area contributed by atoms with Gasteiger partial charge in [0.25, 0.3) is 11.8 Å². The predicted molar refractivity (Wildman–Crippen MR) is 126 cm³/mol. The van der Waals surface area contributed by atoms with E-state index < -0.39 is 42.8 Å². The van der Waals surface area contributed by atoms with Gasteiger partial charge in [0, 0.05) is 12.0 Å². The minimum atomic E-state index is -3.57. The summed E-state index contributed by atoms with van der Waals surface area (Å²) in [7, 11) is 0. The number of aliphatic carboxylic acids is 1. The highest BCUT2D eigenvalue weighted by atomic mass is 19.3. The minimum absolute atomic E-state index is 0.1000. The van der Waals surface area contributed by atoms with Crippen LogP contribution in [0.4, 0.5) is 8.78 Å². The van der Waals surface area contributed by atoms with Crippen molar-refractivity contribution in [2.45, 2.75) is 43.8 Å². The third-order valence-electron chi connectivity index (χ3n) is 5.60. The summed E-state index contributed by atoms with van der Waals surface area (Å²) in [6, 6.07) is 23.4. The molecule has 3 rings (SSSR count). The van der Waals surface area contributed by atoms with Crippen LogP contribution in [0.25, 0.3) is 11.1 Å². The van der Waals surface area contributed by atoms with Gasteiger partial charge >= 0.3 is 5.97 Å². The molecule has 2 atom stereocenters. The molecule has 0 spiro atoms. The number of aryl methyl sites for hydroxylation is 1. The zero-order valence-electron chi connectivity index (χ0n) is 18.5. The summed E-state index contributed by atoms with van der Waals surface area (Å²) >= 11 is 0. The van der Waals surface area contributed by atoms with Crippen LogP contribution in [-0.2, 0) is 11.2 Å². The van der Waals surface area contributed by atoms with E-state index in [1.807, 2.05) is 60.7 Å². The molecule has 0 radical (unpaired) electrons. The summed E-state index contributed by atoms with van der Waals surface area (Å²) in [5, 5.41) is 21.8. The molecule has 5 nitrogen and oxygen atoms in total. The maximum atomic E-state index is 14.7. The number of amides is 1. The van der Waals surface area contributed by atoms with E-state index in [2.05, 4.69) is 5.32 Å². The first-order chi connectivity index (χ1) is 16.3. The highest BCUT2D eigenvalue weighted by molar-refractivity contribution is 5.95. The normalized spacial score (nSPS) is 13.1. The molecule has 0 aliphatic carbocycles. The number of nitrogens with one attached hydrogen (secondary N) is 1. The number of carboxylic acid groups (broad SMARTS) is 1. The average Bonchev–Trinajstić information content (AvgIpc) is 2.84. The van der Waals surface area contributed by atoms with Crippen LogP contribution < -0.4 is 5.32 Å². The molecule has 0 saturated carbocycles. The van der Waals surface area contributed by atoms with Crippen LogP contribution in [0, 0.1) is 0 Å². The molecule has 0 saturated heterocycles. The second-order valence-corrected chi connectivity index (χ2v) is 8.17. The van der Waals surface area contributed by atoms with Gasteiger partial charge in [-0.2, -0.15) is 0 Å². The number of hydrogen-bond acceptors (Lipinski definition) is 3. The smallest absolute Gasteiger partial charge is 0.305 e. The lowest BCUT2D eigenvalue weighted by atomic mass is 9.95. The van der Waals surface area contributed by atoms with Crippen LogP contribution in [0.3, 0.4) is 0 Å². The van der Waals surface area contributed by atoms with Crippen LogP contribution in [-0.4, -0.2) is 40.2 Å². The molecule has 0 aliphatic heterocycles. The van der Waals surface area contributed by atoms with Gasteiger partial charge in [-0.05, 0) is 41.7 Å². The van der Waals surface area contributed by atoms with Crippen LogP contribution in [0.15, 0.2) is 84.9 Å². The molecule has 1 amide bonds. The molecule has 34 heavy (non-hydrogen) atoms. The number of halogens is 2. The fraction of sp³-hybridized carbons (Fsp3) is 0.259. The zero-order chi connectivity index (χ0) is 24.6. The lowest BCUT2D eigenvalue weighted by molar-refractivity contribution is -0.145. The lowest BCUT2D eigenvalue weighted by Crippen LogP contribution is -2.52. The van der Waals surface area contributed by atoms with E-state index in [0.29, 0.717) is 6.42 Å². The summed E-state index contributed by atoms with van der Waals surface area (Å²) in [5.74, 6) is -5.70. The van der Waals surface area contributed by atoms with Gasteiger partial charge in [-0.3, -0.25) is 9.59 Å². The van der Waals surface area contributed by atoms with Gasteiger partial charge in [-0.1, -0.05) is 72.8 Å². The highest BCUT2D eigenvalue weighted by Crippen LogP contribution is 2.29. The van der Waals surface area contributed by atoms with Crippen molar-refractivity contribution in [2.24, 2.45) is 0 Å². The Morgan fingerprint density at radius 1 is 0.853 bits per heavy atom. The van der Waals surface area contributed by atoms with Gasteiger partial charge in [0.15, 0.2) is 0 Å². The molecule has 0 heterocycles. The van der Waals surface area contributed by atoms with Crippen molar-refractivity contribution in [3.63, 3.8) is 0 Å². The Labute approximate surface area is 197 Å². The van der Waals surface area contributed by atoms with Gasteiger partial charge in [0.1, 0.15) is 6.10 Å². The van der Waals surface area contributed by atoms with Crippen molar-refractivity contribution in [2.75, 3.05) is 0 Å². The Morgan fingerprint density at radius 3 is 2.00 bits per heavy atom. The van der Waals surface area contributed by atoms with Crippen molar-refractivity contribution in [3.8, 4) is 11.1 Å². The average molecular weight is 468 g/mol. The van der Waals surface area contributed by atoms with Crippen molar-refractivity contribution in [3.05, 3.63) is 96.1 Å². The van der Waals surface area contributed by atoms with E-state index >= 15 is 0 Å². The topological polar surface area (TPSA) is 86.6 Å². The molecular formula is C27H27F2NO4. The van der Waals surface area contributed by atoms with E-state index in [4.69, 9.17) is 5.11 Å². The summed E-state index contributed by atoms with van der Waals surface area (Å²) in [4.78, 5) is 23.9. The molecule has 0 aromatic heterocycles. The highest BCUT2D eigenvalue weighted by Gasteiger charge is 2.44. The minimum Gasteiger partial charge on any atom is -0.481 e. The van der Waals surface area contributed by atoms with Gasteiger partial charge in [-0.15, -0.1) is 0 Å². The van der Waals surface area contributed by atoms with Crippen molar-refractivity contribution in [1.29, 1.82) is 0 Å². The van der Waals surface area contributed by atoms with E-state index in [9.17, 15) is 23.5 Å². The second-order valence-electron chi connectivity index (χ2n) is 8.17. The third kappa shape index (κ3) is 6.96. The Balaban J connectivity index is 1.65. The molecule has 3 aromatic carbocycles. The second kappa shape index (κ2) is 11.5. The van der Waals surface area contributed by atoms with Gasteiger partial charge < -0.3 is 15.5 Å². The van der Waals surface area contributed by atoms with Crippen molar-refractivity contribution < 1.29 is 28.6 Å². The van der Waals surface area contributed by atoms with E-state index in [1.54, 1.807) is 12.1 Å². The number of carboxylic acids is 1. The van der Waals surface area contributed by atoms with Crippen LogP contribution in [0.2, 0.25) is 0 Å². The standard InChI is InChI=1S/C27H27F2NO4/c28-27(29,17-7-10-19-8-3-1-4-9-19)25(33)23(18-24(31)32)30-26(34)22-15-13-21(14-16-22)20-11-5-2-6-12-20/h1-6,8-9,11-16,23,25,33H,7,10,17-18H2,(H,30,34)(H,31,32). The molecule has 3 aromatic rings. The number of alkyl halides is 2. The largest absolute Gasteiger partial charge is 0.481 e. The van der Waals surface area contributed by atoms with Gasteiger partial charge in [0.05, 0.1) is 12.5 Å². The number of aliphatic hydroxyl groups is 1. The molecule has 0 fully saturated rings. The number of aliphatic hydroxyl groups excluding tert-OH is 1. The molecule has 0 aliphatic rings. The van der Waals surface area contributed by atoms with Crippen LogP contribution in [0.1, 0.15) is 35.2 Å². The SMILES string of the molecule is O=C(O)CC(NC(=O)c1ccc(-c2ccccc2)cc1)C(O)C(F)(F)CCCc1ccccc1. The Bertz CT molecular complexity index is 1070. The summed E-state index contributed by atoms with van der Waals surface area (Å²) in [6.07, 6.45) is -3.31. The van der Waals surface area contributed by atoms with Crippen LogP contribution >= 0.6 is 0 Å². The van der Waals surface area contributed by atoms with Crippen molar-refractivity contribution in [1.82, 2.24) is 5.32 Å². The van der Waals surface area contributed by atoms with E-state index in [0.717, 1.165) is 16.7 Å². The number of hydrogen-bond donors (Lipinski definition) is 3. The summed E-state index contributed by atoms with van der Waals surface area (Å²) in [6.45, 7) is 0. The molecule has 2 unspecified atom stereocenters. The fourth-order valence-corrected chi connectivity index (χ4v) is 3.74. The van der Waals surface area contributed by atoms with E-state index in [-0.39, 0.29) is 12.0 Å². The van der Waals surface area contributed by atoms with Gasteiger partial charge in [-0.25, -0.2) is 8.78 Å². The summed E-state index contributed by atoms with van der Waals surface area (Å²) in [5.41, 5.74) is 2.88. The summed E-state index contributed by atoms with van der Waals surface area (Å²) < 4.78 is 29.4. The molecule has 3 N–H and O–H groups in total. The molecule has 178 valence electrons. The zero-order valence-corrected chi connectivity index (χ0v) is 18.5. The maximum Gasteiger partial charge on any atom is 0.305 e. The fourth-order valence-electron chi connectivity index (χ4n) is 3.74. The predicted octanol–water partition coefficient (Wildman–Crippen LogP) is 4.95. The first kappa shape index (κ1) is 25.1. The molecule has 0 bridgehead atoms. The first-order valence-electron chi connectivity index (χ1n) is 11.0. The first-order valence-corrected chi connectivity index (χ1v) is 11.0. The van der Waals surface area contributed by atoms with Crippen molar-refractivity contribution >= 4 is 11.9 Å². The monoisotopic (exact) mass is 467 g/mol. The number of carbonyl (C=O) groups is 2. The van der Waals surface area contributed by atoms with Crippen LogP contribution in [0.5, 0.6) is 0 Å². The maximum absolute atomic E-state index is 14.7. The van der Waals surface area contributed by atoms with Gasteiger partial charge in [0.2, 0.25) is 0 Å².